The molecule has 1 aromatic carbocycles. The van der Waals surface area contributed by atoms with Crippen LogP contribution in [-0.2, 0) is 38.2 Å². The van der Waals surface area contributed by atoms with E-state index in [1.807, 2.05) is 0 Å². The zero-order valence-corrected chi connectivity index (χ0v) is 32.2. The second kappa shape index (κ2) is 22.8. The molecule has 0 radical (unpaired) electrons. The highest BCUT2D eigenvalue weighted by molar-refractivity contribution is 6.00. The topological polar surface area (TPSA) is 298 Å². The maximum absolute atomic E-state index is 12.9. The number of amides is 6. The predicted molar refractivity (Wildman–Crippen MR) is 196 cm³/mol. The van der Waals surface area contributed by atoms with Crippen molar-refractivity contribution in [3.05, 3.63) is 23.8 Å². The molecule has 1 unspecified atom stereocenters. The Morgan fingerprint density at radius 3 is 2.11 bits per heavy atom. The Morgan fingerprint density at radius 2 is 1.51 bits per heavy atom. The molecule has 1 heterocycles. The second-order valence-electron chi connectivity index (χ2n) is 13.7. The van der Waals surface area contributed by atoms with Gasteiger partial charge in [-0.1, -0.05) is 27.7 Å². The lowest BCUT2D eigenvalue weighted by atomic mass is 9.99. The number of carbonyl (C=O) groups excluding carboxylic acids is 6. The highest BCUT2D eigenvalue weighted by Crippen LogP contribution is 2.24. The number of ether oxygens (including phenoxy) is 4. The van der Waals surface area contributed by atoms with Crippen LogP contribution in [0.3, 0.4) is 0 Å². The van der Waals surface area contributed by atoms with Gasteiger partial charge in [0, 0.05) is 25.6 Å². The SMILES string of the molecule is COc1ccc(NC(C)=O)cc1C(=O)NNC(=O)[C@@H](NC(=O)CCOC[C@H]1OC(OCCCNC(=O)[C@@H](NC(=O)[C@H](C)N)C(C)C)[C@H](O)[C@@H](O)[C@@H]1O)C(C)C. The quantitative estimate of drug-likeness (QED) is 0.0495. The predicted octanol–water partition coefficient (Wildman–Crippen LogP) is -2.22. The van der Waals surface area contributed by atoms with Crippen molar-refractivity contribution in [2.24, 2.45) is 17.6 Å². The molecule has 2 rings (SSSR count). The van der Waals surface area contributed by atoms with Gasteiger partial charge in [-0.05, 0) is 43.4 Å². The number of hydrogen-bond acceptors (Lipinski definition) is 14. The molecule has 1 saturated heterocycles. The van der Waals surface area contributed by atoms with Crippen molar-refractivity contribution in [1.82, 2.24) is 26.8 Å². The van der Waals surface area contributed by atoms with Gasteiger partial charge >= 0.3 is 0 Å². The molecule has 20 nitrogen and oxygen atoms in total. The minimum Gasteiger partial charge on any atom is -0.496 e. The van der Waals surface area contributed by atoms with E-state index in [-0.39, 0.29) is 62.3 Å². The summed E-state index contributed by atoms with van der Waals surface area (Å²) in [5.74, 6) is -3.61. The zero-order valence-electron chi connectivity index (χ0n) is 32.2. The van der Waals surface area contributed by atoms with Gasteiger partial charge in [-0.2, -0.15) is 0 Å². The fourth-order valence-corrected chi connectivity index (χ4v) is 5.18. The van der Waals surface area contributed by atoms with Crippen molar-refractivity contribution >= 4 is 41.1 Å². The monoisotopic (exact) mass is 783 g/mol. The number of aliphatic hydroxyl groups is 3. The summed E-state index contributed by atoms with van der Waals surface area (Å²) in [5, 5.41) is 41.7. The summed E-state index contributed by atoms with van der Waals surface area (Å²) in [5.41, 5.74) is 10.5. The lowest BCUT2D eigenvalue weighted by Gasteiger charge is -2.40. The average Bonchev–Trinajstić information content (AvgIpc) is 3.12. The number of anilines is 1. The summed E-state index contributed by atoms with van der Waals surface area (Å²) in [6.45, 7) is 9.45. The third kappa shape index (κ3) is 15.0. The Hall–Kier alpha value is -4.44. The van der Waals surface area contributed by atoms with Crippen molar-refractivity contribution in [2.75, 3.05) is 38.8 Å². The van der Waals surface area contributed by atoms with Crippen LogP contribution < -0.4 is 42.6 Å². The molecular weight excluding hydrogens is 726 g/mol. The van der Waals surface area contributed by atoms with Gasteiger partial charge in [-0.25, -0.2) is 0 Å². The van der Waals surface area contributed by atoms with E-state index in [1.54, 1.807) is 33.8 Å². The third-order valence-corrected chi connectivity index (χ3v) is 8.32. The van der Waals surface area contributed by atoms with Crippen LogP contribution >= 0.6 is 0 Å². The van der Waals surface area contributed by atoms with Crippen LogP contribution in [0.1, 0.15) is 64.7 Å². The average molecular weight is 784 g/mol. The molecule has 55 heavy (non-hydrogen) atoms. The van der Waals surface area contributed by atoms with Gasteiger partial charge in [0.05, 0.1) is 38.5 Å². The summed E-state index contributed by atoms with van der Waals surface area (Å²) in [6, 6.07) is 1.78. The number of carbonyl (C=O) groups is 6. The Balaban J connectivity index is 1.81. The van der Waals surface area contributed by atoms with Crippen molar-refractivity contribution < 1.29 is 63.0 Å². The molecule has 310 valence electrons. The Morgan fingerprint density at radius 1 is 0.855 bits per heavy atom. The zero-order chi connectivity index (χ0) is 41.4. The van der Waals surface area contributed by atoms with Gasteiger partial charge in [0.25, 0.3) is 11.8 Å². The Labute approximate surface area is 319 Å². The van der Waals surface area contributed by atoms with Crippen molar-refractivity contribution in [1.29, 1.82) is 0 Å². The molecule has 0 aromatic heterocycles. The normalized spacial score (nSPS) is 21.1. The first-order valence-corrected chi connectivity index (χ1v) is 18.0. The van der Waals surface area contributed by atoms with Crippen molar-refractivity contribution in [3.8, 4) is 5.75 Å². The highest BCUT2D eigenvalue weighted by atomic mass is 16.7. The van der Waals surface area contributed by atoms with Gasteiger partial charge < -0.3 is 61.3 Å². The summed E-state index contributed by atoms with van der Waals surface area (Å²) >= 11 is 0. The molecule has 1 aliphatic heterocycles. The van der Waals surface area contributed by atoms with Crippen LogP contribution in [0.5, 0.6) is 5.75 Å². The number of benzene rings is 1. The molecular formula is C35H57N7O13. The van der Waals surface area contributed by atoms with Gasteiger partial charge in [0.1, 0.15) is 42.2 Å². The summed E-state index contributed by atoms with van der Waals surface area (Å²) < 4.78 is 21.9. The van der Waals surface area contributed by atoms with Crippen LogP contribution in [0.4, 0.5) is 5.69 Å². The van der Waals surface area contributed by atoms with Crippen LogP contribution in [0.2, 0.25) is 0 Å². The molecule has 0 bridgehead atoms. The van der Waals surface area contributed by atoms with E-state index >= 15 is 0 Å². The number of nitrogens with one attached hydrogen (secondary N) is 6. The number of hydrogen-bond donors (Lipinski definition) is 10. The van der Waals surface area contributed by atoms with E-state index in [1.165, 1.54) is 33.1 Å². The third-order valence-electron chi connectivity index (χ3n) is 8.32. The maximum atomic E-state index is 12.9. The summed E-state index contributed by atoms with van der Waals surface area (Å²) in [6.07, 6.45) is -7.17. The Kier molecular flexibility index (Phi) is 19.4. The lowest BCUT2D eigenvalue weighted by Crippen LogP contribution is -2.59. The van der Waals surface area contributed by atoms with Gasteiger partial charge in [-0.15, -0.1) is 0 Å². The largest absolute Gasteiger partial charge is 0.496 e. The molecule has 0 saturated carbocycles. The fourth-order valence-electron chi connectivity index (χ4n) is 5.18. The molecule has 11 N–H and O–H groups in total. The first-order chi connectivity index (χ1) is 25.9. The van der Waals surface area contributed by atoms with Gasteiger partial charge in [0.2, 0.25) is 23.6 Å². The first-order valence-electron chi connectivity index (χ1n) is 18.0. The minimum atomic E-state index is -1.64. The van der Waals surface area contributed by atoms with Crippen LogP contribution in [0.25, 0.3) is 0 Å². The smallest absolute Gasteiger partial charge is 0.273 e. The van der Waals surface area contributed by atoms with Crippen LogP contribution in [-0.4, -0.2) is 133 Å². The van der Waals surface area contributed by atoms with Crippen molar-refractivity contribution in [2.45, 2.75) is 103 Å². The van der Waals surface area contributed by atoms with E-state index in [4.69, 9.17) is 24.7 Å². The second-order valence-corrected chi connectivity index (χ2v) is 13.7. The molecule has 0 aliphatic carbocycles. The molecule has 0 spiro atoms. The van der Waals surface area contributed by atoms with Crippen LogP contribution in [0.15, 0.2) is 18.2 Å². The number of hydrazine groups is 1. The van der Waals surface area contributed by atoms with E-state index in [0.29, 0.717) is 5.69 Å². The standard InChI is InChI=1S/C35H57N7O13/c1-17(2)26(40-31(48)19(5)36)33(50)37-12-8-13-54-35-30(47)29(46)28(45)24(55-35)16-53-14-11-25(44)39-27(18(3)4)34(51)42-41-32(49)22-15-21(38-20(6)43)9-10-23(22)52-7/h9-10,15,17-19,24,26-30,35,45-47H,8,11-14,16,36H2,1-7H3,(H,37,50)(H,38,43)(H,39,44)(H,40,48)(H,41,49)(H,42,51)/t19-,24+,26-,27-,28+,29-,30+,35?/m0/s1. The van der Waals surface area contributed by atoms with E-state index in [2.05, 4.69) is 32.1 Å². The van der Waals surface area contributed by atoms with E-state index in [0.717, 1.165) is 0 Å². The molecule has 1 aliphatic rings. The van der Waals surface area contributed by atoms with E-state index < -0.39 is 84.3 Å². The fraction of sp³-hybridized carbons (Fsp3) is 0.657. The number of aliphatic hydroxyl groups excluding tert-OH is 3. The molecule has 6 amide bonds. The summed E-state index contributed by atoms with van der Waals surface area (Å²) in [4.78, 5) is 74.4. The highest BCUT2D eigenvalue weighted by Gasteiger charge is 2.44. The molecule has 8 atom stereocenters. The molecule has 1 aromatic rings. The van der Waals surface area contributed by atoms with Crippen LogP contribution in [0, 0.1) is 11.8 Å². The van der Waals surface area contributed by atoms with Crippen molar-refractivity contribution in [3.63, 3.8) is 0 Å². The molecule has 20 heteroatoms. The van der Waals surface area contributed by atoms with Gasteiger partial charge in [-0.3, -0.25) is 39.6 Å². The Bertz CT molecular complexity index is 1460. The molecule has 1 fully saturated rings. The summed E-state index contributed by atoms with van der Waals surface area (Å²) in [7, 11) is 1.36. The number of rotatable bonds is 20. The maximum Gasteiger partial charge on any atom is 0.273 e. The number of methoxy groups -OCH3 is 1. The van der Waals surface area contributed by atoms with E-state index in [9.17, 15) is 44.1 Å². The minimum absolute atomic E-state index is 0.00857. The first kappa shape index (κ1) is 46.7. The number of nitrogens with two attached hydrogens (primary N) is 1. The van der Waals surface area contributed by atoms with Gasteiger partial charge in [0.15, 0.2) is 6.29 Å². The lowest BCUT2D eigenvalue weighted by molar-refractivity contribution is -0.302.